The Morgan fingerprint density at radius 1 is 1.09 bits per heavy atom. The first kappa shape index (κ1) is 16.6. The van der Waals surface area contributed by atoms with Crippen molar-refractivity contribution in [3.8, 4) is 0 Å². The molecule has 9 heteroatoms. The van der Waals surface area contributed by atoms with E-state index in [1.807, 2.05) is 0 Å². The zero-order chi connectivity index (χ0) is 9.86. The van der Waals surface area contributed by atoms with Crippen molar-refractivity contribution >= 4 is 12.3 Å². The summed E-state index contributed by atoms with van der Waals surface area (Å²) in [5.41, 5.74) is 0. The predicted octanol–water partition coefficient (Wildman–Crippen LogP) is -2.46. The van der Waals surface area contributed by atoms with Gasteiger partial charge in [0.2, 0.25) is 0 Å². The monoisotopic (exact) mass is 392 g/mol. The molecule has 0 saturated carbocycles. The van der Waals surface area contributed by atoms with Crippen LogP contribution in [0.1, 0.15) is 0 Å². The van der Waals surface area contributed by atoms with E-state index in [4.69, 9.17) is 34.5 Å². The summed E-state index contributed by atoms with van der Waals surface area (Å²) in [5.74, 6) is 0. The van der Waals surface area contributed by atoms with E-state index in [0.29, 0.717) is 0 Å². The van der Waals surface area contributed by atoms with Crippen molar-refractivity contribution in [3.05, 3.63) is 0 Å². The molecule has 0 saturated heterocycles. The molecule has 0 fully saturated rings. The Kier molecular flexibility index (Phi) is 24.4. The predicted molar refractivity (Wildman–Crippen MR) is 17.4 cm³/mol. The summed E-state index contributed by atoms with van der Waals surface area (Å²) in [6, 6.07) is 0. The van der Waals surface area contributed by atoms with Crippen molar-refractivity contribution < 1.29 is 62.3 Å². The van der Waals surface area contributed by atoms with E-state index >= 15 is 0 Å². The van der Waals surface area contributed by atoms with Gasteiger partial charge in [-0.25, -0.2) is 4.79 Å². The van der Waals surface area contributed by atoms with Crippen LogP contribution in [-0.4, -0.2) is 22.5 Å². The molecule has 0 aliphatic heterocycles. The molecule has 2 N–H and O–H groups in total. The van der Waals surface area contributed by atoms with Gasteiger partial charge in [0.05, 0.1) is 0 Å². The molecular formula is C2H2O8U. The van der Waals surface area contributed by atoms with Gasteiger partial charge in [-0.3, -0.25) is 0 Å². The molecule has 0 bridgehead atoms. The molecule has 0 aromatic rings. The van der Waals surface area contributed by atoms with Crippen molar-refractivity contribution in [2.75, 3.05) is 0 Å². The molecular weight excluding hydrogens is 390 g/mol. The van der Waals surface area contributed by atoms with Crippen LogP contribution in [0.4, 0.5) is 9.59 Å². The fourth-order valence-corrected chi connectivity index (χ4v) is 0. The molecule has 0 aliphatic rings. The second-order valence-electron chi connectivity index (χ2n) is 0.616. The molecule has 11 heavy (non-hydrogen) atoms. The van der Waals surface area contributed by atoms with Crippen molar-refractivity contribution in [2.24, 2.45) is 0 Å². The third kappa shape index (κ3) is 728. The van der Waals surface area contributed by atoms with Crippen molar-refractivity contribution in [1.29, 1.82) is 0 Å². The normalized spacial score (nSPS) is 5.09. The van der Waals surface area contributed by atoms with Gasteiger partial charge in [-0.05, 0) is 6.16 Å². The summed E-state index contributed by atoms with van der Waals surface area (Å²) < 4.78 is 17.2. The zero-order valence-corrected chi connectivity index (χ0v) is 9.01. The topological polar surface area (TPSA) is 155 Å². The number of rotatable bonds is 0. The fraction of sp³-hybridized carbons (Fsp3) is 0. The van der Waals surface area contributed by atoms with E-state index in [9.17, 15) is 0 Å². The number of hydrogen-bond acceptors (Lipinski definition) is 6. The maximum absolute atomic E-state index is 8.58. The van der Waals surface area contributed by atoms with Crippen LogP contribution in [0.15, 0.2) is 0 Å². The molecule has 0 unspecified atom stereocenters. The van der Waals surface area contributed by atoms with Crippen LogP contribution in [0.2, 0.25) is 0 Å². The fourth-order valence-electron chi connectivity index (χ4n) is 0. The molecule has 62 valence electrons. The molecule has 0 aromatic carbocycles. The molecule has 0 rings (SSSR count). The summed E-state index contributed by atoms with van der Waals surface area (Å²) in [6.07, 6.45) is -4.17. The molecule has 0 atom stereocenters. The van der Waals surface area contributed by atoms with Crippen LogP contribution in [0.3, 0.4) is 0 Å². The van der Waals surface area contributed by atoms with E-state index < -0.39 is 40.1 Å². The quantitative estimate of drug-likeness (QED) is 0.460. The van der Waals surface area contributed by atoms with Crippen molar-refractivity contribution in [2.45, 2.75) is 0 Å². The summed E-state index contributed by atoms with van der Waals surface area (Å²) in [6.45, 7) is 0. The second-order valence-corrected chi connectivity index (χ2v) is 1.31. The Bertz CT molecular complexity index is 124. The first-order valence-corrected chi connectivity index (χ1v) is 5.07. The van der Waals surface area contributed by atoms with Gasteiger partial charge in [-0.15, -0.1) is 0 Å². The van der Waals surface area contributed by atoms with E-state index in [1.54, 1.807) is 0 Å². The number of carboxylic acid groups (broad SMARTS) is 4. The Labute approximate surface area is 74.7 Å². The van der Waals surface area contributed by atoms with E-state index in [1.165, 1.54) is 0 Å². The van der Waals surface area contributed by atoms with Crippen LogP contribution >= 0.6 is 0 Å². The first-order valence-electron chi connectivity index (χ1n) is 1.67. The van der Waals surface area contributed by atoms with Crippen LogP contribution in [0.25, 0.3) is 0 Å². The average molecular weight is 392 g/mol. The van der Waals surface area contributed by atoms with E-state index in [0.717, 1.165) is 0 Å². The SMILES string of the molecule is O=C(O)O.O=C([O-])[O-].[O]=[U+2]=[O]. The molecule has 0 heterocycles. The van der Waals surface area contributed by atoms with Gasteiger partial charge in [0.25, 0.3) is 0 Å². The van der Waals surface area contributed by atoms with Crippen LogP contribution in [0, 0.1) is 27.8 Å². The van der Waals surface area contributed by atoms with Gasteiger partial charge in [-0.2, -0.15) is 0 Å². The summed E-state index contributed by atoms with van der Waals surface area (Å²) in [5, 5.41) is 30.6. The molecule has 0 radical (unpaired) electrons. The summed E-state index contributed by atoms with van der Waals surface area (Å²) in [4.78, 5) is 16.9. The Balaban J connectivity index is -0.0000000886. The van der Waals surface area contributed by atoms with Gasteiger partial charge in [0, 0.05) is 0 Å². The van der Waals surface area contributed by atoms with Gasteiger partial charge >= 0.3 is 38.4 Å². The number of carbonyl (C=O) groups is 2. The van der Waals surface area contributed by atoms with Gasteiger partial charge in [-0.1, -0.05) is 0 Å². The number of hydrogen-bond donors (Lipinski definition) is 2. The van der Waals surface area contributed by atoms with E-state index in [-0.39, 0.29) is 0 Å². The number of carbonyl (C=O) groups excluding carboxylic acids is 1. The van der Waals surface area contributed by atoms with E-state index in [2.05, 4.69) is 0 Å². The van der Waals surface area contributed by atoms with Crippen LogP contribution in [-0.2, 0) is 4.47 Å². The Morgan fingerprint density at radius 2 is 1.09 bits per heavy atom. The maximum atomic E-state index is 8.58. The molecule has 0 spiro atoms. The minimum absolute atomic E-state index is 1.83. The second kappa shape index (κ2) is 16.1. The van der Waals surface area contributed by atoms with Crippen LogP contribution in [0.5, 0.6) is 0 Å². The van der Waals surface area contributed by atoms with Gasteiger partial charge < -0.3 is 25.2 Å². The molecule has 0 amide bonds. The average Bonchev–Trinajstić information content (AvgIpc) is 1.60. The Morgan fingerprint density at radius 3 is 1.09 bits per heavy atom. The standard InChI is InChI=1S/2CH2O3.2O.U/c2*2-1(3)4;;;/h2*(H2,2,3,4);;;/q;;;;+2/p-2. The minimum atomic E-state index is -2.51. The van der Waals surface area contributed by atoms with Crippen molar-refractivity contribution in [3.63, 3.8) is 0 Å². The summed E-state index contributed by atoms with van der Waals surface area (Å²) >= 11 is -2.51. The molecule has 0 aliphatic carbocycles. The van der Waals surface area contributed by atoms with Crippen molar-refractivity contribution in [1.82, 2.24) is 0 Å². The first-order chi connectivity index (χ1) is 4.88. The molecule has 0 aromatic heterocycles. The molecule has 8 nitrogen and oxygen atoms in total. The van der Waals surface area contributed by atoms with Gasteiger partial charge in [0.1, 0.15) is 0 Å². The third-order valence-corrected chi connectivity index (χ3v) is 0. The van der Waals surface area contributed by atoms with Gasteiger partial charge in [0.15, 0.2) is 0 Å². The Hall–Kier alpha value is -0.808. The summed E-state index contributed by atoms with van der Waals surface area (Å²) in [7, 11) is 0. The van der Waals surface area contributed by atoms with Crippen LogP contribution < -0.4 is 10.2 Å². The third-order valence-electron chi connectivity index (χ3n) is 0. The zero-order valence-electron chi connectivity index (χ0n) is 4.84.